The van der Waals surface area contributed by atoms with Crippen LogP contribution in [-0.2, 0) is 11.3 Å². The minimum absolute atomic E-state index is 0.171. The van der Waals surface area contributed by atoms with Gasteiger partial charge >= 0.3 is 6.18 Å². The fourth-order valence-corrected chi connectivity index (χ4v) is 2.02. The molecule has 7 heteroatoms. The number of ether oxygens (including phenoxy) is 1. The largest absolute Gasteiger partial charge is 0.493 e. The van der Waals surface area contributed by atoms with Crippen molar-refractivity contribution >= 4 is 16.8 Å². The first-order valence-corrected chi connectivity index (χ1v) is 6.45. The van der Waals surface area contributed by atoms with E-state index in [1.807, 2.05) is 12.2 Å². The van der Waals surface area contributed by atoms with E-state index >= 15 is 0 Å². The number of amides is 1. The molecule has 0 saturated carbocycles. The van der Waals surface area contributed by atoms with Crippen LogP contribution in [0.25, 0.3) is 10.9 Å². The van der Waals surface area contributed by atoms with E-state index < -0.39 is 18.6 Å². The van der Waals surface area contributed by atoms with Gasteiger partial charge in [-0.1, -0.05) is 6.07 Å². The van der Waals surface area contributed by atoms with Crippen molar-refractivity contribution < 1.29 is 22.7 Å². The molecule has 0 fully saturated rings. The maximum Gasteiger partial charge on any atom is 0.405 e. The zero-order chi connectivity index (χ0) is 15.5. The fourth-order valence-electron chi connectivity index (χ4n) is 2.02. The SMILES string of the molecule is CCOc1cccc2c1ccn2CC(=O)NCC(F)(F)F. The molecule has 0 aliphatic rings. The predicted octanol–water partition coefficient (Wildman–Crippen LogP) is 2.72. The van der Waals surface area contributed by atoms with Crippen LogP contribution < -0.4 is 10.1 Å². The first-order chi connectivity index (χ1) is 9.90. The number of hydrogen-bond acceptors (Lipinski definition) is 2. The van der Waals surface area contributed by atoms with Gasteiger partial charge in [0.15, 0.2) is 0 Å². The molecular weight excluding hydrogens is 285 g/mol. The Morgan fingerprint density at radius 2 is 2.10 bits per heavy atom. The fraction of sp³-hybridized carbons (Fsp3) is 0.357. The van der Waals surface area contributed by atoms with Crippen LogP contribution >= 0.6 is 0 Å². The van der Waals surface area contributed by atoms with E-state index in [9.17, 15) is 18.0 Å². The summed E-state index contributed by atoms with van der Waals surface area (Å²) in [5.41, 5.74) is 0.739. The first kappa shape index (κ1) is 15.2. The summed E-state index contributed by atoms with van der Waals surface area (Å²) in [6.07, 6.45) is -2.75. The smallest absolute Gasteiger partial charge is 0.405 e. The van der Waals surface area contributed by atoms with Crippen molar-refractivity contribution in [2.45, 2.75) is 19.6 Å². The van der Waals surface area contributed by atoms with E-state index in [2.05, 4.69) is 0 Å². The maximum absolute atomic E-state index is 12.0. The molecule has 21 heavy (non-hydrogen) atoms. The Kier molecular flexibility index (Phi) is 4.40. The Balaban J connectivity index is 2.12. The van der Waals surface area contributed by atoms with Crippen molar-refractivity contribution in [1.82, 2.24) is 9.88 Å². The molecule has 0 aliphatic heterocycles. The van der Waals surface area contributed by atoms with Crippen molar-refractivity contribution in [2.75, 3.05) is 13.2 Å². The van der Waals surface area contributed by atoms with Gasteiger partial charge in [-0.3, -0.25) is 4.79 Å². The second-order valence-electron chi connectivity index (χ2n) is 4.46. The lowest BCUT2D eigenvalue weighted by molar-refractivity contribution is -0.138. The summed E-state index contributed by atoms with van der Waals surface area (Å²) >= 11 is 0. The van der Waals surface area contributed by atoms with Crippen LogP contribution in [0.4, 0.5) is 13.2 Å². The van der Waals surface area contributed by atoms with Gasteiger partial charge in [0.1, 0.15) is 18.8 Å². The highest BCUT2D eigenvalue weighted by molar-refractivity contribution is 5.88. The average Bonchev–Trinajstić information content (AvgIpc) is 2.81. The van der Waals surface area contributed by atoms with E-state index in [0.717, 1.165) is 10.9 Å². The second-order valence-corrected chi connectivity index (χ2v) is 4.46. The summed E-state index contributed by atoms with van der Waals surface area (Å²) < 4.78 is 43.2. The summed E-state index contributed by atoms with van der Waals surface area (Å²) in [5.74, 6) is -0.00362. The lowest BCUT2D eigenvalue weighted by atomic mass is 10.2. The molecule has 0 saturated heterocycles. The van der Waals surface area contributed by atoms with Crippen LogP contribution in [0.3, 0.4) is 0 Å². The molecular formula is C14H15F3N2O2. The van der Waals surface area contributed by atoms with Crippen LogP contribution in [0.1, 0.15) is 6.92 Å². The Hall–Kier alpha value is -2.18. The van der Waals surface area contributed by atoms with Gasteiger partial charge in [0.25, 0.3) is 0 Å². The molecule has 0 atom stereocenters. The highest BCUT2D eigenvalue weighted by Crippen LogP contribution is 2.26. The number of fused-ring (bicyclic) bond motifs is 1. The molecule has 1 aromatic carbocycles. The number of carbonyl (C=O) groups excluding carboxylic acids is 1. The van der Waals surface area contributed by atoms with Crippen molar-refractivity contribution in [2.24, 2.45) is 0 Å². The lowest BCUT2D eigenvalue weighted by Gasteiger charge is -2.10. The van der Waals surface area contributed by atoms with Gasteiger partial charge in [-0.05, 0) is 25.1 Å². The van der Waals surface area contributed by atoms with E-state index in [0.29, 0.717) is 12.4 Å². The third kappa shape index (κ3) is 3.90. The van der Waals surface area contributed by atoms with E-state index in [1.165, 1.54) is 0 Å². The van der Waals surface area contributed by atoms with E-state index in [4.69, 9.17) is 4.74 Å². The summed E-state index contributed by atoms with van der Waals surface area (Å²) in [4.78, 5) is 11.5. The van der Waals surface area contributed by atoms with Gasteiger partial charge in [0, 0.05) is 11.6 Å². The van der Waals surface area contributed by atoms with Crippen LogP contribution in [0.2, 0.25) is 0 Å². The highest BCUT2D eigenvalue weighted by atomic mass is 19.4. The molecule has 114 valence electrons. The monoisotopic (exact) mass is 300 g/mol. The van der Waals surface area contributed by atoms with Crippen molar-refractivity contribution in [3.05, 3.63) is 30.5 Å². The number of benzene rings is 1. The average molecular weight is 300 g/mol. The summed E-state index contributed by atoms with van der Waals surface area (Å²) in [6, 6.07) is 7.14. The molecule has 2 rings (SSSR count). The number of aromatic nitrogens is 1. The van der Waals surface area contributed by atoms with Crippen LogP contribution in [-0.4, -0.2) is 29.8 Å². The third-order valence-electron chi connectivity index (χ3n) is 2.87. The number of nitrogens with one attached hydrogen (secondary N) is 1. The van der Waals surface area contributed by atoms with Gasteiger partial charge in [0.2, 0.25) is 5.91 Å². The van der Waals surface area contributed by atoms with Crippen LogP contribution in [0.5, 0.6) is 5.75 Å². The molecule has 1 amide bonds. The molecule has 4 nitrogen and oxygen atoms in total. The van der Waals surface area contributed by atoms with Gasteiger partial charge in [-0.2, -0.15) is 13.2 Å². The zero-order valence-corrected chi connectivity index (χ0v) is 11.4. The third-order valence-corrected chi connectivity index (χ3v) is 2.87. The minimum atomic E-state index is -4.41. The van der Waals surface area contributed by atoms with Crippen molar-refractivity contribution in [3.63, 3.8) is 0 Å². The number of hydrogen-bond donors (Lipinski definition) is 1. The van der Waals surface area contributed by atoms with Gasteiger partial charge in [0.05, 0.1) is 12.1 Å². The minimum Gasteiger partial charge on any atom is -0.493 e. The molecule has 0 aliphatic carbocycles. The number of carbonyl (C=O) groups is 1. The number of alkyl halides is 3. The Bertz CT molecular complexity index is 635. The Morgan fingerprint density at radius 1 is 1.33 bits per heavy atom. The standard InChI is InChI=1S/C14H15F3N2O2/c1-2-21-12-5-3-4-11-10(12)6-7-19(11)8-13(20)18-9-14(15,16)17/h3-7H,2,8-9H2,1H3,(H,18,20). The van der Waals surface area contributed by atoms with Gasteiger partial charge in [-0.25, -0.2) is 0 Å². The second kappa shape index (κ2) is 6.07. The summed E-state index contributed by atoms with van der Waals surface area (Å²) in [6.45, 7) is 0.876. The molecule has 0 unspecified atom stereocenters. The maximum atomic E-state index is 12.0. The Labute approximate surface area is 119 Å². The number of nitrogens with zero attached hydrogens (tertiary/aromatic N) is 1. The van der Waals surface area contributed by atoms with E-state index in [-0.39, 0.29) is 6.54 Å². The molecule has 2 aromatic rings. The number of halogens is 3. The topological polar surface area (TPSA) is 43.3 Å². The summed E-state index contributed by atoms with van der Waals surface area (Å²) in [7, 11) is 0. The van der Waals surface area contributed by atoms with Crippen LogP contribution in [0.15, 0.2) is 30.5 Å². The predicted molar refractivity (Wildman–Crippen MR) is 72.2 cm³/mol. The quantitative estimate of drug-likeness (QED) is 0.922. The Morgan fingerprint density at radius 3 is 2.76 bits per heavy atom. The van der Waals surface area contributed by atoms with Crippen LogP contribution in [0, 0.1) is 0 Å². The highest BCUT2D eigenvalue weighted by Gasteiger charge is 2.27. The normalized spacial score (nSPS) is 11.6. The van der Waals surface area contributed by atoms with Gasteiger partial charge in [-0.15, -0.1) is 0 Å². The van der Waals surface area contributed by atoms with Crippen molar-refractivity contribution in [3.8, 4) is 5.75 Å². The molecule has 0 bridgehead atoms. The van der Waals surface area contributed by atoms with E-state index in [1.54, 1.807) is 35.0 Å². The van der Waals surface area contributed by atoms with Gasteiger partial charge < -0.3 is 14.6 Å². The molecule has 1 N–H and O–H groups in total. The molecule has 0 radical (unpaired) electrons. The van der Waals surface area contributed by atoms with Crippen molar-refractivity contribution in [1.29, 1.82) is 0 Å². The number of rotatable bonds is 5. The molecule has 0 spiro atoms. The summed E-state index contributed by atoms with van der Waals surface area (Å²) in [5, 5.41) is 2.67. The molecule has 1 aromatic heterocycles. The first-order valence-electron chi connectivity index (χ1n) is 6.45. The zero-order valence-electron chi connectivity index (χ0n) is 11.4. The molecule has 1 heterocycles. The lowest BCUT2D eigenvalue weighted by Crippen LogP contribution is -2.35.